The molecule has 1 N–H and O–H groups in total. The largest absolute Gasteiger partial charge is 0.392 e. The summed E-state index contributed by atoms with van der Waals surface area (Å²) in [4.78, 5) is 12.6. The van der Waals surface area contributed by atoms with Crippen LogP contribution in [0.2, 0.25) is 0 Å². The van der Waals surface area contributed by atoms with Gasteiger partial charge in [-0.05, 0) is 49.0 Å². The molecule has 22 heavy (non-hydrogen) atoms. The van der Waals surface area contributed by atoms with E-state index >= 15 is 0 Å². The van der Waals surface area contributed by atoms with Crippen LogP contribution >= 0.6 is 15.9 Å². The molecule has 2 aliphatic rings. The maximum Gasteiger partial charge on any atom is 0.182 e. The maximum atomic E-state index is 12.6. The van der Waals surface area contributed by atoms with Gasteiger partial charge < -0.3 is 5.11 Å². The lowest BCUT2D eigenvalue weighted by molar-refractivity contribution is -0.113. The molecule has 0 bridgehead atoms. The highest BCUT2D eigenvalue weighted by Gasteiger charge is 2.48. The summed E-state index contributed by atoms with van der Waals surface area (Å²) in [6.45, 7) is 4.18. The van der Waals surface area contributed by atoms with Gasteiger partial charge in [0.25, 0.3) is 0 Å². The first-order valence-electron chi connectivity index (χ1n) is 7.84. The van der Waals surface area contributed by atoms with Crippen LogP contribution in [0.25, 0.3) is 6.08 Å². The second-order valence-corrected chi connectivity index (χ2v) is 7.42. The molecule has 3 heteroatoms. The van der Waals surface area contributed by atoms with Gasteiger partial charge in [-0.15, -0.1) is 0 Å². The fraction of sp³-hybridized carbons (Fsp3) is 0.421. The average molecular weight is 361 g/mol. The van der Waals surface area contributed by atoms with Crippen molar-refractivity contribution in [2.75, 3.05) is 0 Å². The molecule has 0 spiro atoms. The molecule has 1 aromatic carbocycles. The first-order valence-corrected chi connectivity index (χ1v) is 8.63. The molecule has 116 valence electrons. The summed E-state index contributed by atoms with van der Waals surface area (Å²) in [7, 11) is 0. The normalized spacial score (nSPS) is 33.5. The number of halogens is 1. The molecule has 0 aromatic heterocycles. The van der Waals surface area contributed by atoms with Gasteiger partial charge in [0.15, 0.2) is 5.78 Å². The number of rotatable bonds is 1. The van der Waals surface area contributed by atoms with Crippen LogP contribution in [0.1, 0.15) is 38.7 Å². The van der Waals surface area contributed by atoms with Crippen molar-refractivity contribution >= 4 is 27.8 Å². The van der Waals surface area contributed by atoms with E-state index in [0.717, 1.165) is 40.4 Å². The van der Waals surface area contributed by atoms with Crippen molar-refractivity contribution in [3.05, 3.63) is 51.5 Å². The van der Waals surface area contributed by atoms with Crippen molar-refractivity contribution in [1.82, 2.24) is 0 Å². The van der Waals surface area contributed by atoms with Crippen LogP contribution in [0.3, 0.4) is 0 Å². The zero-order chi connectivity index (χ0) is 15.9. The van der Waals surface area contributed by atoms with E-state index < -0.39 is 0 Å². The Morgan fingerprint density at radius 3 is 2.82 bits per heavy atom. The molecule has 1 fully saturated rings. The quantitative estimate of drug-likeness (QED) is 0.747. The molecule has 3 atom stereocenters. The number of fused-ring (bicyclic) bond motifs is 1. The number of carbonyl (C=O) groups is 1. The van der Waals surface area contributed by atoms with Crippen molar-refractivity contribution in [2.45, 2.75) is 39.2 Å². The van der Waals surface area contributed by atoms with Crippen molar-refractivity contribution in [3.8, 4) is 0 Å². The average Bonchev–Trinajstić information content (AvgIpc) is 2.49. The predicted octanol–water partition coefficient (Wildman–Crippen LogP) is 4.53. The zero-order valence-corrected chi connectivity index (χ0v) is 14.6. The molecule has 0 saturated heterocycles. The summed E-state index contributed by atoms with van der Waals surface area (Å²) in [6.07, 6.45) is 6.06. The Morgan fingerprint density at radius 1 is 1.36 bits per heavy atom. The van der Waals surface area contributed by atoms with Gasteiger partial charge in [0, 0.05) is 15.5 Å². The molecular formula is C19H21BrO2. The minimum Gasteiger partial charge on any atom is -0.392 e. The van der Waals surface area contributed by atoms with E-state index in [2.05, 4.69) is 29.8 Å². The standard InChI is InChI=1S/C19H21BrO2/c1-12-15(10-13-6-3-4-8-16(13)20)17(21)11-14-7-5-9-18(22)19(12,14)2/h3-4,6,8,10-12,18,22H,5,7,9H2,1-2H3/t12-,18-,19-/m0/s1. The Kier molecular flexibility index (Phi) is 4.13. The minimum atomic E-state index is -0.377. The van der Waals surface area contributed by atoms with E-state index in [1.165, 1.54) is 0 Å². The Balaban J connectivity index is 2.09. The molecule has 0 heterocycles. The third kappa shape index (κ3) is 2.40. The lowest BCUT2D eigenvalue weighted by atomic mass is 9.57. The van der Waals surface area contributed by atoms with Crippen molar-refractivity contribution in [3.63, 3.8) is 0 Å². The highest BCUT2D eigenvalue weighted by atomic mass is 79.9. The van der Waals surface area contributed by atoms with Gasteiger partial charge in [-0.25, -0.2) is 0 Å². The lowest BCUT2D eigenvalue weighted by Gasteiger charge is -2.48. The van der Waals surface area contributed by atoms with Crippen LogP contribution in [0.15, 0.2) is 46.0 Å². The van der Waals surface area contributed by atoms with Gasteiger partial charge in [-0.1, -0.05) is 53.5 Å². The molecule has 0 aliphatic heterocycles. The fourth-order valence-corrected chi connectivity index (χ4v) is 4.20. The summed E-state index contributed by atoms with van der Waals surface area (Å²) in [6, 6.07) is 7.90. The minimum absolute atomic E-state index is 0.0161. The number of hydrogen-bond acceptors (Lipinski definition) is 2. The topological polar surface area (TPSA) is 37.3 Å². The Bertz CT molecular complexity index is 674. The van der Waals surface area contributed by atoms with Gasteiger partial charge in [-0.3, -0.25) is 4.79 Å². The molecular weight excluding hydrogens is 340 g/mol. The Hall–Kier alpha value is -1.19. The molecule has 3 rings (SSSR count). The highest BCUT2D eigenvalue weighted by molar-refractivity contribution is 9.10. The van der Waals surface area contributed by atoms with Crippen LogP contribution in [-0.2, 0) is 4.79 Å². The zero-order valence-electron chi connectivity index (χ0n) is 13.0. The number of aliphatic hydroxyl groups is 1. The third-order valence-electron chi connectivity index (χ3n) is 5.48. The summed E-state index contributed by atoms with van der Waals surface area (Å²) >= 11 is 3.54. The Labute approximate surface area is 140 Å². The van der Waals surface area contributed by atoms with Crippen LogP contribution in [0.5, 0.6) is 0 Å². The molecule has 0 unspecified atom stereocenters. The van der Waals surface area contributed by atoms with Gasteiger partial charge in [-0.2, -0.15) is 0 Å². The third-order valence-corrected chi connectivity index (χ3v) is 6.20. The number of aliphatic hydroxyl groups excluding tert-OH is 1. The fourth-order valence-electron chi connectivity index (χ4n) is 3.80. The number of benzene rings is 1. The van der Waals surface area contributed by atoms with Crippen molar-refractivity contribution in [2.24, 2.45) is 11.3 Å². The van der Waals surface area contributed by atoms with Crippen molar-refractivity contribution in [1.29, 1.82) is 0 Å². The Morgan fingerprint density at radius 2 is 2.09 bits per heavy atom. The molecule has 0 radical (unpaired) electrons. The monoisotopic (exact) mass is 360 g/mol. The summed E-state index contributed by atoms with van der Waals surface area (Å²) in [5.41, 5.74) is 2.59. The summed E-state index contributed by atoms with van der Waals surface area (Å²) < 4.78 is 0.978. The molecule has 1 aromatic rings. The van der Waals surface area contributed by atoms with E-state index in [1.807, 2.05) is 30.3 Å². The maximum absolute atomic E-state index is 12.6. The second-order valence-electron chi connectivity index (χ2n) is 6.57. The summed E-state index contributed by atoms with van der Waals surface area (Å²) in [5, 5.41) is 10.6. The van der Waals surface area contributed by atoms with Gasteiger partial charge >= 0.3 is 0 Å². The molecule has 2 aliphatic carbocycles. The van der Waals surface area contributed by atoms with Crippen LogP contribution in [0.4, 0.5) is 0 Å². The first kappa shape index (κ1) is 15.7. The predicted molar refractivity (Wildman–Crippen MR) is 92.3 cm³/mol. The second kappa shape index (κ2) is 5.78. The van der Waals surface area contributed by atoms with E-state index in [4.69, 9.17) is 0 Å². The number of hydrogen-bond donors (Lipinski definition) is 1. The summed E-state index contributed by atoms with van der Waals surface area (Å²) in [5.74, 6) is 0.104. The molecule has 0 amide bonds. The smallest absolute Gasteiger partial charge is 0.182 e. The van der Waals surface area contributed by atoms with E-state index in [1.54, 1.807) is 6.08 Å². The van der Waals surface area contributed by atoms with E-state index in [9.17, 15) is 9.90 Å². The van der Waals surface area contributed by atoms with E-state index in [0.29, 0.717) is 0 Å². The van der Waals surface area contributed by atoms with Crippen LogP contribution in [-0.4, -0.2) is 17.0 Å². The lowest BCUT2D eigenvalue weighted by Crippen LogP contribution is -2.46. The number of carbonyl (C=O) groups excluding carboxylic acids is 1. The van der Waals surface area contributed by atoms with Crippen LogP contribution < -0.4 is 0 Å². The molecule has 2 nitrogen and oxygen atoms in total. The first-order chi connectivity index (χ1) is 10.4. The van der Waals surface area contributed by atoms with E-state index in [-0.39, 0.29) is 23.2 Å². The number of ketones is 1. The molecule has 1 saturated carbocycles. The van der Waals surface area contributed by atoms with Gasteiger partial charge in [0.1, 0.15) is 0 Å². The number of allylic oxidation sites excluding steroid dienone is 2. The highest BCUT2D eigenvalue weighted by Crippen LogP contribution is 2.51. The van der Waals surface area contributed by atoms with Crippen molar-refractivity contribution < 1.29 is 9.90 Å². The SMILES string of the molecule is C[C@H]1C(=Cc2ccccc2Br)C(=O)C=C2CCC[C@H](O)[C@]21C. The van der Waals surface area contributed by atoms with Gasteiger partial charge in [0.2, 0.25) is 0 Å². The van der Waals surface area contributed by atoms with Crippen LogP contribution in [0, 0.1) is 11.3 Å². The van der Waals surface area contributed by atoms with Gasteiger partial charge in [0.05, 0.1) is 6.10 Å².